The van der Waals surface area contributed by atoms with E-state index in [4.69, 9.17) is 4.74 Å². The molecule has 2 aromatic carbocycles. The normalized spacial score (nSPS) is 11.2. The molecule has 0 unspecified atom stereocenters. The predicted octanol–water partition coefficient (Wildman–Crippen LogP) is 4.51. The Morgan fingerprint density at radius 2 is 1.84 bits per heavy atom. The van der Waals surface area contributed by atoms with E-state index in [9.17, 15) is 9.59 Å². The Morgan fingerprint density at radius 3 is 2.54 bits per heavy atom. The van der Waals surface area contributed by atoms with Gasteiger partial charge < -0.3 is 20.3 Å². The fraction of sp³-hybridized carbons (Fsp3) is 0.321. The number of amides is 2. The molecule has 2 amide bonds. The number of nitrogens with one attached hydrogen (secondary N) is 3. The molecule has 8 nitrogen and oxygen atoms in total. The summed E-state index contributed by atoms with van der Waals surface area (Å²) in [7, 11) is 1.60. The zero-order valence-corrected chi connectivity index (χ0v) is 22.7. The van der Waals surface area contributed by atoms with Crippen molar-refractivity contribution in [2.24, 2.45) is 5.10 Å². The number of carbonyl (C=O) groups is 2. The average molecular weight is 522 g/mol. The van der Waals surface area contributed by atoms with Crippen LogP contribution in [-0.2, 0) is 6.54 Å². The van der Waals surface area contributed by atoms with Gasteiger partial charge in [-0.1, -0.05) is 26.0 Å². The summed E-state index contributed by atoms with van der Waals surface area (Å²) in [5.41, 5.74) is 6.11. The zero-order chi connectivity index (χ0) is 26.6. The Morgan fingerprint density at radius 1 is 1.08 bits per heavy atom. The van der Waals surface area contributed by atoms with Crippen LogP contribution in [0, 0.1) is 6.92 Å². The van der Waals surface area contributed by atoms with E-state index in [1.165, 1.54) is 11.3 Å². The number of aryl methyl sites for hydroxylation is 1. The number of carbonyl (C=O) groups excluding carboxylic acids is 2. The molecule has 3 aromatic rings. The number of hydrogen-bond acceptors (Lipinski definition) is 7. The number of anilines is 1. The number of benzene rings is 2. The molecule has 3 N–H and O–H groups in total. The van der Waals surface area contributed by atoms with E-state index in [2.05, 4.69) is 39.9 Å². The van der Waals surface area contributed by atoms with E-state index in [0.717, 1.165) is 48.6 Å². The van der Waals surface area contributed by atoms with Crippen LogP contribution in [0.25, 0.3) is 0 Å². The minimum atomic E-state index is -0.384. The lowest BCUT2D eigenvalue weighted by atomic mass is 10.1. The molecular formula is C28H35N5O3S. The Labute approximate surface area is 222 Å². The van der Waals surface area contributed by atoms with E-state index in [1.807, 2.05) is 54.8 Å². The summed E-state index contributed by atoms with van der Waals surface area (Å²) in [6, 6.07) is 14.8. The summed E-state index contributed by atoms with van der Waals surface area (Å²) in [4.78, 5) is 28.2. The van der Waals surface area contributed by atoms with E-state index in [-0.39, 0.29) is 11.8 Å². The van der Waals surface area contributed by atoms with Gasteiger partial charge in [0.05, 0.1) is 18.9 Å². The number of hydrogen-bond donors (Lipinski definition) is 3. The maximum absolute atomic E-state index is 13.0. The van der Waals surface area contributed by atoms with E-state index < -0.39 is 0 Å². The molecule has 0 aliphatic carbocycles. The average Bonchev–Trinajstić information content (AvgIpc) is 3.28. The van der Waals surface area contributed by atoms with Gasteiger partial charge in [0.15, 0.2) is 0 Å². The summed E-state index contributed by atoms with van der Waals surface area (Å²) in [6.45, 7) is 10.8. The third-order valence-corrected chi connectivity index (χ3v) is 6.96. The first kappa shape index (κ1) is 28.0. The van der Waals surface area contributed by atoms with Crippen molar-refractivity contribution in [3.8, 4) is 5.75 Å². The first-order valence-corrected chi connectivity index (χ1v) is 13.2. The highest BCUT2D eigenvalue weighted by atomic mass is 32.1. The largest absolute Gasteiger partial charge is 0.497 e. The van der Waals surface area contributed by atoms with Crippen LogP contribution in [0.3, 0.4) is 0 Å². The highest BCUT2D eigenvalue weighted by Gasteiger charge is 2.19. The molecule has 3 rings (SSSR count). The lowest BCUT2D eigenvalue weighted by Gasteiger charge is -2.18. The Hall–Kier alpha value is -3.53. The molecule has 1 heterocycles. The number of nitrogens with zero attached hydrogens (tertiary/aromatic N) is 2. The molecule has 196 valence electrons. The number of rotatable bonds is 13. The van der Waals surface area contributed by atoms with Crippen molar-refractivity contribution in [1.82, 2.24) is 15.6 Å². The van der Waals surface area contributed by atoms with Gasteiger partial charge in [0, 0.05) is 25.2 Å². The highest BCUT2D eigenvalue weighted by Crippen LogP contribution is 2.28. The fourth-order valence-electron chi connectivity index (χ4n) is 3.74. The number of ether oxygens (including phenoxy) is 1. The van der Waals surface area contributed by atoms with Crippen LogP contribution in [-0.4, -0.2) is 56.2 Å². The highest BCUT2D eigenvalue weighted by molar-refractivity contribution is 7.15. The molecule has 0 radical (unpaired) electrons. The van der Waals surface area contributed by atoms with Crippen molar-refractivity contribution in [1.29, 1.82) is 0 Å². The van der Waals surface area contributed by atoms with Crippen LogP contribution in [0.2, 0.25) is 0 Å². The zero-order valence-electron chi connectivity index (χ0n) is 21.8. The summed E-state index contributed by atoms with van der Waals surface area (Å²) in [5, 5.41) is 12.7. The molecule has 0 atom stereocenters. The van der Waals surface area contributed by atoms with Crippen molar-refractivity contribution < 1.29 is 14.3 Å². The molecule has 37 heavy (non-hydrogen) atoms. The van der Waals surface area contributed by atoms with Crippen LogP contribution in [0.1, 0.15) is 51.3 Å². The van der Waals surface area contributed by atoms with Gasteiger partial charge in [-0.2, -0.15) is 5.10 Å². The SMILES string of the molecule is CCN(CC)CCNCc1cccc(C(=O)Nc2scc(C)c2C(=O)NN=Cc2ccc(OC)cc2)c1. The molecule has 0 aliphatic rings. The van der Waals surface area contributed by atoms with Gasteiger partial charge in [0.2, 0.25) is 0 Å². The molecule has 1 aromatic heterocycles. The summed E-state index contributed by atoms with van der Waals surface area (Å²) in [5.74, 6) is 0.0974. The van der Waals surface area contributed by atoms with E-state index in [0.29, 0.717) is 22.7 Å². The van der Waals surface area contributed by atoms with Crippen LogP contribution < -0.4 is 20.8 Å². The monoisotopic (exact) mass is 521 g/mol. The molecular weight excluding hydrogens is 486 g/mol. The van der Waals surface area contributed by atoms with Crippen LogP contribution in [0.15, 0.2) is 59.0 Å². The molecule has 0 fully saturated rings. The lowest BCUT2D eigenvalue weighted by molar-refractivity contribution is 0.0956. The standard InChI is InChI=1S/C28H35N5O3S/c1-5-33(6-2)15-14-29-17-22-8-7-9-23(16-22)26(34)31-28-25(20(3)19-37-28)27(35)32-30-18-21-10-12-24(36-4)13-11-21/h7-13,16,18-19,29H,5-6,14-15,17H2,1-4H3,(H,31,34)(H,32,35). The Bertz CT molecular complexity index is 1200. The van der Waals surface area contributed by atoms with Gasteiger partial charge in [0.1, 0.15) is 10.8 Å². The summed E-state index contributed by atoms with van der Waals surface area (Å²) < 4.78 is 5.14. The van der Waals surface area contributed by atoms with Gasteiger partial charge in [-0.15, -0.1) is 11.3 Å². The lowest BCUT2D eigenvalue weighted by Crippen LogP contribution is -2.31. The number of methoxy groups -OCH3 is 1. The molecule has 0 saturated heterocycles. The van der Waals surface area contributed by atoms with Gasteiger partial charge in [0.25, 0.3) is 11.8 Å². The van der Waals surface area contributed by atoms with E-state index >= 15 is 0 Å². The minimum absolute atomic E-state index is 0.261. The first-order valence-electron chi connectivity index (χ1n) is 12.3. The smallest absolute Gasteiger partial charge is 0.274 e. The van der Waals surface area contributed by atoms with Crippen molar-refractivity contribution in [3.63, 3.8) is 0 Å². The Balaban J connectivity index is 1.59. The maximum atomic E-state index is 13.0. The fourth-order valence-corrected chi connectivity index (χ4v) is 4.67. The Kier molecular flexibility index (Phi) is 10.8. The van der Waals surface area contributed by atoms with Gasteiger partial charge in [-0.05, 0) is 78.5 Å². The van der Waals surface area contributed by atoms with Crippen molar-refractivity contribution in [2.75, 3.05) is 38.6 Å². The van der Waals surface area contributed by atoms with Crippen LogP contribution >= 0.6 is 11.3 Å². The number of likely N-dealkylation sites (N-methyl/N-ethyl adjacent to an activating group) is 1. The second kappa shape index (κ2) is 14.3. The second-order valence-electron chi connectivity index (χ2n) is 8.45. The van der Waals surface area contributed by atoms with Gasteiger partial charge in [-0.3, -0.25) is 9.59 Å². The predicted molar refractivity (Wildman–Crippen MR) is 151 cm³/mol. The quantitative estimate of drug-likeness (QED) is 0.175. The molecule has 0 aliphatic heterocycles. The number of hydrazone groups is 1. The third-order valence-electron chi connectivity index (χ3n) is 5.94. The first-order chi connectivity index (χ1) is 17.9. The van der Waals surface area contributed by atoms with Crippen molar-refractivity contribution >= 4 is 34.4 Å². The van der Waals surface area contributed by atoms with E-state index in [1.54, 1.807) is 19.4 Å². The maximum Gasteiger partial charge on any atom is 0.274 e. The third kappa shape index (κ3) is 8.24. The minimum Gasteiger partial charge on any atom is -0.497 e. The molecule has 0 saturated carbocycles. The summed E-state index contributed by atoms with van der Waals surface area (Å²) >= 11 is 1.31. The van der Waals surface area contributed by atoms with Crippen molar-refractivity contribution in [2.45, 2.75) is 27.3 Å². The summed E-state index contributed by atoms with van der Waals surface area (Å²) in [6.07, 6.45) is 1.55. The van der Waals surface area contributed by atoms with Crippen LogP contribution in [0.5, 0.6) is 5.75 Å². The van der Waals surface area contributed by atoms with Crippen LogP contribution in [0.4, 0.5) is 5.00 Å². The second-order valence-corrected chi connectivity index (χ2v) is 9.33. The molecule has 0 bridgehead atoms. The number of thiophene rings is 1. The van der Waals surface area contributed by atoms with Gasteiger partial charge in [-0.25, -0.2) is 5.43 Å². The topological polar surface area (TPSA) is 95.1 Å². The van der Waals surface area contributed by atoms with Gasteiger partial charge >= 0.3 is 0 Å². The van der Waals surface area contributed by atoms with Crippen molar-refractivity contribution in [3.05, 3.63) is 81.7 Å². The molecule has 0 spiro atoms. The molecule has 9 heteroatoms.